The van der Waals surface area contributed by atoms with Gasteiger partial charge in [-0.05, 0) is 37.1 Å². The fourth-order valence-corrected chi connectivity index (χ4v) is 4.54. The number of amides is 1. The van der Waals surface area contributed by atoms with Crippen molar-refractivity contribution in [3.63, 3.8) is 0 Å². The normalized spacial score (nSPS) is 23.4. The third-order valence-electron chi connectivity index (χ3n) is 4.25. The van der Waals surface area contributed by atoms with E-state index < -0.39 is 16.1 Å². The molecule has 0 spiro atoms. The van der Waals surface area contributed by atoms with Gasteiger partial charge >= 0.3 is 6.09 Å². The zero-order chi connectivity index (χ0) is 16.4. The topological polar surface area (TPSA) is 88.1 Å². The molecule has 23 heavy (non-hydrogen) atoms. The Bertz CT molecular complexity index is 715. The van der Waals surface area contributed by atoms with Crippen LogP contribution in [0.15, 0.2) is 34.2 Å². The third-order valence-corrected chi connectivity index (χ3v) is 6.04. The number of anilines is 1. The van der Waals surface area contributed by atoms with Crippen LogP contribution in [0.1, 0.15) is 25.7 Å². The number of hydrogen-bond donors (Lipinski definition) is 1. The molecule has 0 saturated heterocycles. The molecule has 1 aromatic carbocycles. The van der Waals surface area contributed by atoms with Crippen molar-refractivity contribution in [2.45, 2.75) is 42.7 Å². The average Bonchev–Trinajstić information content (AvgIpc) is 3.00. The molecule has 1 heterocycles. The number of nitrogens with zero attached hydrogens (tertiary/aromatic N) is 2. The lowest BCUT2D eigenvalue weighted by Crippen LogP contribution is -2.42. The Morgan fingerprint density at radius 3 is 2.65 bits per heavy atom. The molecule has 8 heteroatoms. The smallest absolute Gasteiger partial charge is 0.411 e. The van der Waals surface area contributed by atoms with Crippen molar-refractivity contribution in [3.8, 4) is 0 Å². The number of nitrogens with one attached hydrogen (secondary N) is 1. The highest BCUT2D eigenvalue weighted by Gasteiger charge is 2.39. The van der Waals surface area contributed by atoms with E-state index in [1.165, 1.54) is 42.0 Å². The first-order valence-corrected chi connectivity index (χ1v) is 8.98. The minimum Gasteiger partial charge on any atom is -0.453 e. The van der Waals surface area contributed by atoms with Crippen LogP contribution in [-0.4, -0.2) is 44.3 Å². The summed E-state index contributed by atoms with van der Waals surface area (Å²) in [6.45, 7) is 0. The van der Waals surface area contributed by atoms with Crippen LogP contribution in [0.3, 0.4) is 0 Å². The summed E-state index contributed by atoms with van der Waals surface area (Å²) in [5, 5.41) is 2.49. The highest BCUT2D eigenvalue weighted by Crippen LogP contribution is 2.32. The van der Waals surface area contributed by atoms with E-state index >= 15 is 0 Å². The van der Waals surface area contributed by atoms with E-state index in [0.717, 1.165) is 25.7 Å². The molecular formula is C15H19N3O4S. The Hall–Kier alpha value is -2.09. The van der Waals surface area contributed by atoms with E-state index in [9.17, 15) is 13.2 Å². The largest absolute Gasteiger partial charge is 0.453 e. The lowest BCUT2D eigenvalue weighted by molar-refractivity contribution is 0.187. The van der Waals surface area contributed by atoms with Crippen LogP contribution in [-0.2, 0) is 14.8 Å². The number of hydrogen-bond acceptors (Lipinski definition) is 5. The number of benzene rings is 1. The van der Waals surface area contributed by atoms with Crippen molar-refractivity contribution in [1.29, 1.82) is 0 Å². The summed E-state index contributed by atoms with van der Waals surface area (Å²) in [4.78, 5) is 15.7. The monoisotopic (exact) mass is 337 g/mol. The van der Waals surface area contributed by atoms with Gasteiger partial charge in [-0.15, -0.1) is 0 Å². The lowest BCUT2D eigenvalue weighted by Gasteiger charge is -2.30. The number of ether oxygens (including phenoxy) is 1. The highest BCUT2D eigenvalue weighted by atomic mass is 32.2. The number of sulfonamides is 1. The standard InChI is InChI=1S/C15H19N3O4S/c1-22-15(19)17-11-6-8-12(9-7-11)23(20,21)18-10-16-13-4-2-3-5-14(13)18/h6-10,13-14H,2-5H2,1H3,(H,17,19). The molecule has 2 atom stereocenters. The number of carbonyl (C=O) groups excluding carboxylic acids is 1. The molecule has 1 fully saturated rings. The molecule has 2 aliphatic rings. The zero-order valence-corrected chi connectivity index (χ0v) is 13.6. The van der Waals surface area contributed by atoms with Gasteiger partial charge in [-0.3, -0.25) is 14.6 Å². The number of rotatable bonds is 3. The summed E-state index contributed by atoms with van der Waals surface area (Å²) < 4.78 is 31.5. The SMILES string of the molecule is COC(=O)Nc1ccc(S(=O)(=O)N2C=NC3CCCCC32)cc1. The highest BCUT2D eigenvalue weighted by molar-refractivity contribution is 7.89. The van der Waals surface area contributed by atoms with Crippen LogP contribution < -0.4 is 5.32 Å². The summed E-state index contributed by atoms with van der Waals surface area (Å²) in [6, 6.07) is 6.04. The molecule has 3 rings (SSSR count). The summed E-state index contributed by atoms with van der Waals surface area (Å²) in [5.41, 5.74) is 0.474. The minimum atomic E-state index is -3.62. The second-order valence-corrected chi connectivity index (χ2v) is 7.50. The maximum atomic E-state index is 12.8. The molecule has 1 N–H and O–H groups in total. The number of carbonyl (C=O) groups is 1. The van der Waals surface area contributed by atoms with Crippen LogP contribution in [0.2, 0.25) is 0 Å². The number of aliphatic imine (C=N–C) groups is 1. The Balaban J connectivity index is 1.80. The van der Waals surface area contributed by atoms with Gasteiger partial charge in [-0.25, -0.2) is 13.2 Å². The Labute approximate surface area is 135 Å². The van der Waals surface area contributed by atoms with Crippen LogP contribution >= 0.6 is 0 Å². The van der Waals surface area contributed by atoms with E-state index in [4.69, 9.17) is 0 Å². The maximum absolute atomic E-state index is 12.8. The number of fused-ring (bicyclic) bond motifs is 1. The van der Waals surface area contributed by atoms with Crippen LogP contribution in [0.25, 0.3) is 0 Å². The molecule has 1 amide bonds. The first-order chi connectivity index (χ1) is 11.0. The van der Waals surface area contributed by atoms with E-state index in [0.29, 0.717) is 5.69 Å². The van der Waals surface area contributed by atoms with Crippen molar-refractivity contribution >= 4 is 28.1 Å². The van der Waals surface area contributed by atoms with Crippen molar-refractivity contribution in [3.05, 3.63) is 24.3 Å². The number of methoxy groups -OCH3 is 1. The average molecular weight is 337 g/mol. The molecule has 0 aromatic heterocycles. The Kier molecular flexibility index (Phi) is 4.25. The zero-order valence-electron chi connectivity index (χ0n) is 12.8. The second-order valence-electron chi connectivity index (χ2n) is 5.66. The molecule has 124 valence electrons. The molecule has 1 aliphatic carbocycles. The van der Waals surface area contributed by atoms with Crippen molar-refractivity contribution in [1.82, 2.24) is 4.31 Å². The van der Waals surface area contributed by atoms with Gasteiger partial charge < -0.3 is 4.74 Å². The van der Waals surface area contributed by atoms with Gasteiger partial charge in [0.2, 0.25) is 0 Å². The first-order valence-electron chi connectivity index (χ1n) is 7.54. The third kappa shape index (κ3) is 3.03. The predicted octanol–water partition coefficient (Wildman–Crippen LogP) is 2.21. The Morgan fingerprint density at radius 1 is 1.26 bits per heavy atom. The van der Waals surface area contributed by atoms with E-state index in [-0.39, 0.29) is 17.0 Å². The molecule has 1 aromatic rings. The fraction of sp³-hybridized carbons (Fsp3) is 0.467. The van der Waals surface area contributed by atoms with Crippen LogP contribution in [0.4, 0.5) is 10.5 Å². The lowest BCUT2D eigenvalue weighted by atomic mass is 9.92. The van der Waals surface area contributed by atoms with E-state index in [1.54, 1.807) is 0 Å². The maximum Gasteiger partial charge on any atom is 0.411 e. The molecule has 2 unspecified atom stereocenters. The summed E-state index contributed by atoms with van der Waals surface area (Å²) >= 11 is 0. The first kappa shape index (κ1) is 15.8. The summed E-state index contributed by atoms with van der Waals surface area (Å²) in [7, 11) is -2.35. The van der Waals surface area contributed by atoms with Crippen molar-refractivity contribution < 1.29 is 17.9 Å². The van der Waals surface area contributed by atoms with Gasteiger partial charge in [-0.2, -0.15) is 0 Å². The molecule has 0 radical (unpaired) electrons. The van der Waals surface area contributed by atoms with Crippen LogP contribution in [0, 0.1) is 0 Å². The molecule has 0 bridgehead atoms. The van der Waals surface area contributed by atoms with Gasteiger partial charge in [0.05, 0.1) is 24.1 Å². The molecule has 1 aliphatic heterocycles. The quantitative estimate of drug-likeness (QED) is 0.916. The van der Waals surface area contributed by atoms with Crippen LogP contribution in [0.5, 0.6) is 0 Å². The molecule has 7 nitrogen and oxygen atoms in total. The van der Waals surface area contributed by atoms with Gasteiger partial charge in [0.15, 0.2) is 0 Å². The van der Waals surface area contributed by atoms with E-state index in [1.807, 2.05) is 0 Å². The molecule has 1 saturated carbocycles. The Morgan fingerprint density at radius 2 is 1.96 bits per heavy atom. The minimum absolute atomic E-state index is 0.0679. The van der Waals surface area contributed by atoms with Crippen molar-refractivity contribution in [2.24, 2.45) is 4.99 Å². The predicted molar refractivity (Wildman–Crippen MR) is 86.0 cm³/mol. The summed E-state index contributed by atoms with van der Waals surface area (Å²) in [6.07, 6.45) is 4.76. The van der Waals surface area contributed by atoms with Crippen molar-refractivity contribution in [2.75, 3.05) is 12.4 Å². The molecular weight excluding hydrogens is 318 g/mol. The van der Waals surface area contributed by atoms with Gasteiger partial charge in [0.1, 0.15) is 6.34 Å². The summed E-state index contributed by atoms with van der Waals surface area (Å²) in [5.74, 6) is 0. The van der Waals surface area contributed by atoms with E-state index in [2.05, 4.69) is 15.0 Å². The van der Waals surface area contributed by atoms with Gasteiger partial charge in [-0.1, -0.05) is 12.8 Å². The second kappa shape index (κ2) is 6.19. The fourth-order valence-electron chi connectivity index (χ4n) is 3.04. The van der Waals surface area contributed by atoms with Gasteiger partial charge in [0.25, 0.3) is 10.0 Å². The van der Waals surface area contributed by atoms with Gasteiger partial charge in [0, 0.05) is 5.69 Å².